The molecule has 0 radical (unpaired) electrons. The van der Waals surface area contributed by atoms with Crippen LogP contribution < -0.4 is 4.74 Å². The van der Waals surface area contributed by atoms with Gasteiger partial charge in [-0.3, -0.25) is 4.40 Å². The van der Waals surface area contributed by atoms with Crippen LogP contribution in [-0.4, -0.2) is 19.6 Å². The lowest BCUT2D eigenvalue weighted by Gasteiger charge is -2.10. The molecule has 5 nitrogen and oxygen atoms in total. The van der Waals surface area contributed by atoms with Crippen LogP contribution in [0.4, 0.5) is 13.2 Å². The van der Waals surface area contributed by atoms with E-state index in [1.165, 1.54) is 6.07 Å². The van der Waals surface area contributed by atoms with Gasteiger partial charge < -0.3 is 4.74 Å². The van der Waals surface area contributed by atoms with E-state index in [4.69, 9.17) is 4.74 Å². The molecule has 0 spiro atoms. The van der Waals surface area contributed by atoms with E-state index >= 15 is 0 Å². The monoisotopic (exact) mass is 330 g/mol. The van der Waals surface area contributed by atoms with Crippen LogP contribution in [0.3, 0.4) is 0 Å². The Balaban J connectivity index is 2.02. The number of para-hydroxylation sites is 3. The van der Waals surface area contributed by atoms with Gasteiger partial charge >= 0.3 is 6.18 Å². The zero-order chi connectivity index (χ0) is 16.7. The first kappa shape index (κ1) is 14.4. The van der Waals surface area contributed by atoms with Gasteiger partial charge in [-0.25, -0.2) is 4.98 Å². The second-order valence-corrected chi connectivity index (χ2v) is 5.00. The van der Waals surface area contributed by atoms with Gasteiger partial charge in [-0.2, -0.15) is 13.2 Å². The summed E-state index contributed by atoms with van der Waals surface area (Å²) in [5.41, 5.74) is 0.511. The van der Waals surface area contributed by atoms with Gasteiger partial charge in [0.05, 0.1) is 11.0 Å². The summed E-state index contributed by atoms with van der Waals surface area (Å²) >= 11 is 0. The average molecular weight is 330 g/mol. The maximum Gasteiger partial charge on any atom is 0.452 e. The second kappa shape index (κ2) is 5.19. The van der Waals surface area contributed by atoms with Crippen molar-refractivity contribution in [1.29, 1.82) is 0 Å². The van der Waals surface area contributed by atoms with Crippen molar-refractivity contribution in [2.75, 3.05) is 0 Å². The third-order valence-electron chi connectivity index (χ3n) is 3.41. The van der Waals surface area contributed by atoms with Crippen molar-refractivity contribution in [2.24, 2.45) is 0 Å². The fourth-order valence-electron chi connectivity index (χ4n) is 2.41. The summed E-state index contributed by atoms with van der Waals surface area (Å²) in [5, 5.41) is 6.92. The standard InChI is InChI=1S/C16H9F3N4O/c17-16(18,19)15-22-21-13-14(24-10-6-2-1-3-7-10)20-11-8-4-5-9-12(11)23(13)15/h1-9H. The molecule has 0 aliphatic carbocycles. The van der Waals surface area contributed by atoms with Crippen LogP contribution in [0.1, 0.15) is 5.82 Å². The third-order valence-corrected chi connectivity index (χ3v) is 3.41. The fourth-order valence-corrected chi connectivity index (χ4v) is 2.41. The fraction of sp³-hybridized carbons (Fsp3) is 0.0625. The minimum Gasteiger partial charge on any atom is -0.436 e. The zero-order valence-corrected chi connectivity index (χ0v) is 12.0. The molecule has 8 heteroatoms. The SMILES string of the molecule is FC(F)(F)c1nnc2c(Oc3ccccc3)nc3ccccc3n12. The van der Waals surface area contributed by atoms with Gasteiger partial charge in [0, 0.05) is 0 Å². The van der Waals surface area contributed by atoms with Crippen molar-refractivity contribution in [3.63, 3.8) is 0 Å². The number of aromatic nitrogens is 4. The van der Waals surface area contributed by atoms with Crippen LogP contribution in [0.5, 0.6) is 11.6 Å². The summed E-state index contributed by atoms with van der Waals surface area (Å²) in [5.74, 6) is -0.712. The molecule has 0 atom stereocenters. The third kappa shape index (κ3) is 2.32. The van der Waals surface area contributed by atoms with E-state index in [1.54, 1.807) is 48.5 Å². The number of halogens is 3. The summed E-state index contributed by atoms with van der Waals surface area (Å²) in [4.78, 5) is 4.28. The smallest absolute Gasteiger partial charge is 0.436 e. The maximum absolute atomic E-state index is 13.3. The molecule has 4 rings (SSSR count). The van der Waals surface area contributed by atoms with Crippen LogP contribution >= 0.6 is 0 Å². The summed E-state index contributed by atoms with van der Waals surface area (Å²) in [6.07, 6.45) is -4.65. The lowest BCUT2D eigenvalue weighted by atomic mass is 10.3. The summed E-state index contributed by atoms with van der Waals surface area (Å²) in [6, 6.07) is 15.1. The van der Waals surface area contributed by atoms with Crippen molar-refractivity contribution in [3.8, 4) is 11.6 Å². The van der Waals surface area contributed by atoms with Crippen LogP contribution in [0.25, 0.3) is 16.7 Å². The Morgan fingerprint density at radius 1 is 0.875 bits per heavy atom. The highest BCUT2D eigenvalue weighted by atomic mass is 19.4. The number of hydrogen-bond donors (Lipinski definition) is 0. The molecule has 0 unspecified atom stereocenters. The Labute approximate surface area is 133 Å². The van der Waals surface area contributed by atoms with E-state index in [-0.39, 0.29) is 17.0 Å². The first-order valence-corrected chi connectivity index (χ1v) is 6.98. The molecule has 4 aromatic rings. The van der Waals surface area contributed by atoms with Crippen LogP contribution in [-0.2, 0) is 6.18 Å². The quantitative estimate of drug-likeness (QED) is 0.555. The number of alkyl halides is 3. The topological polar surface area (TPSA) is 52.3 Å². The van der Waals surface area contributed by atoms with E-state index in [9.17, 15) is 13.2 Å². The highest BCUT2D eigenvalue weighted by Crippen LogP contribution is 2.33. The van der Waals surface area contributed by atoms with Crippen molar-refractivity contribution in [1.82, 2.24) is 19.6 Å². The van der Waals surface area contributed by atoms with Crippen molar-refractivity contribution < 1.29 is 17.9 Å². The Hall–Kier alpha value is -3.16. The number of fused-ring (bicyclic) bond motifs is 3. The normalized spacial score (nSPS) is 12.0. The van der Waals surface area contributed by atoms with Gasteiger partial charge in [0.1, 0.15) is 5.75 Å². The molecule has 0 aliphatic heterocycles. The van der Waals surface area contributed by atoms with Crippen molar-refractivity contribution in [3.05, 3.63) is 60.4 Å². The first-order valence-electron chi connectivity index (χ1n) is 6.98. The van der Waals surface area contributed by atoms with Gasteiger partial charge in [0.25, 0.3) is 5.88 Å². The zero-order valence-electron chi connectivity index (χ0n) is 12.0. The van der Waals surface area contributed by atoms with E-state index in [1.807, 2.05) is 0 Å². The van der Waals surface area contributed by atoms with E-state index < -0.39 is 12.0 Å². The van der Waals surface area contributed by atoms with Crippen LogP contribution in [0.15, 0.2) is 54.6 Å². The predicted molar refractivity (Wildman–Crippen MR) is 79.8 cm³/mol. The number of ether oxygens (including phenoxy) is 1. The molecular formula is C16H9F3N4O. The van der Waals surface area contributed by atoms with E-state index in [0.717, 1.165) is 4.40 Å². The second-order valence-electron chi connectivity index (χ2n) is 5.00. The molecule has 2 aromatic carbocycles. The Bertz CT molecular complexity index is 1030. The Kier molecular flexibility index (Phi) is 3.12. The lowest BCUT2D eigenvalue weighted by Crippen LogP contribution is -2.11. The number of nitrogens with zero attached hydrogens (tertiary/aromatic N) is 4. The van der Waals surface area contributed by atoms with Gasteiger partial charge in [-0.05, 0) is 24.3 Å². The molecule has 0 bridgehead atoms. The summed E-state index contributed by atoms with van der Waals surface area (Å²) in [7, 11) is 0. The molecule has 120 valence electrons. The average Bonchev–Trinajstić information content (AvgIpc) is 3.02. The van der Waals surface area contributed by atoms with Gasteiger partial charge in [0.2, 0.25) is 11.5 Å². The molecule has 2 heterocycles. The predicted octanol–water partition coefficient (Wildman–Crippen LogP) is 4.09. The van der Waals surface area contributed by atoms with Crippen molar-refractivity contribution >= 4 is 16.7 Å². The van der Waals surface area contributed by atoms with Gasteiger partial charge in [-0.1, -0.05) is 30.3 Å². The maximum atomic E-state index is 13.3. The molecule has 0 saturated carbocycles. The number of benzene rings is 2. The number of rotatable bonds is 2. The van der Waals surface area contributed by atoms with Gasteiger partial charge in [0.15, 0.2) is 0 Å². The minimum absolute atomic E-state index is 0.0390. The van der Waals surface area contributed by atoms with Gasteiger partial charge in [-0.15, -0.1) is 10.2 Å². The molecule has 0 saturated heterocycles. The van der Waals surface area contributed by atoms with Crippen LogP contribution in [0, 0.1) is 0 Å². The Morgan fingerprint density at radius 2 is 1.58 bits per heavy atom. The molecule has 2 aromatic heterocycles. The van der Waals surface area contributed by atoms with E-state index in [0.29, 0.717) is 11.3 Å². The molecule has 24 heavy (non-hydrogen) atoms. The first-order chi connectivity index (χ1) is 11.5. The molecular weight excluding hydrogens is 321 g/mol. The largest absolute Gasteiger partial charge is 0.452 e. The highest BCUT2D eigenvalue weighted by molar-refractivity contribution is 5.80. The molecule has 0 N–H and O–H groups in total. The molecule has 0 aliphatic rings. The summed E-state index contributed by atoms with van der Waals surface area (Å²) < 4.78 is 46.3. The minimum atomic E-state index is -4.65. The molecule has 0 amide bonds. The highest BCUT2D eigenvalue weighted by Gasteiger charge is 2.38. The van der Waals surface area contributed by atoms with Crippen LogP contribution in [0.2, 0.25) is 0 Å². The van der Waals surface area contributed by atoms with E-state index in [2.05, 4.69) is 15.2 Å². The summed E-state index contributed by atoms with van der Waals surface area (Å²) in [6.45, 7) is 0. The lowest BCUT2D eigenvalue weighted by molar-refractivity contribution is -0.145. The van der Waals surface area contributed by atoms with Crippen molar-refractivity contribution in [2.45, 2.75) is 6.18 Å². The molecule has 0 fully saturated rings. The Morgan fingerprint density at radius 3 is 2.33 bits per heavy atom. The number of hydrogen-bond acceptors (Lipinski definition) is 4.